The number of carboxylic acids is 1. The first kappa shape index (κ1) is 37.4. The predicted octanol–water partition coefficient (Wildman–Crippen LogP) is 4.90. The highest BCUT2D eigenvalue weighted by Crippen LogP contribution is 2.43. The van der Waals surface area contributed by atoms with Crippen molar-refractivity contribution in [2.24, 2.45) is 5.16 Å². The van der Waals surface area contributed by atoms with E-state index in [1.54, 1.807) is 0 Å². The second kappa shape index (κ2) is 15.1. The Kier molecular flexibility index (Phi) is 10.2. The van der Waals surface area contributed by atoms with E-state index in [1.807, 2.05) is 91.0 Å². The first-order valence-corrected chi connectivity index (χ1v) is 18.7. The molecule has 0 saturated carbocycles. The van der Waals surface area contributed by atoms with Gasteiger partial charge in [0.05, 0.1) is 0 Å². The zero-order valence-corrected chi connectivity index (χ0v) is 30.2. The lowest BCUT2D eigenvalue weighted by Gasteiger charge is -2.49. The number of β-lactam (4-membered cyclic amide) rings is 1. The molecular weight excluding hydrogens is 758 g/mol. The third kappa shape index (κ3) is 7.32. The smallest absolute Gasteiger partial charge is 0.406 e. The molecule has 0 aliphatic carbocycles. The van der Waals surface area contributed by atoms with Gasteiger partial charge in [-0.2, -0.15) is 13.2 Å². The van der Waals surface area contributed by atoms with E-state index in [9.17, 15) is 37.5 Å². The van der Waals surface area contributed by atoms with Gasteiger partial charge in [0.25, 0.3) is 11.8 Å². The molecule has 17 heteroatoms. The van der Waals surface area contributed by atoms with Gasteiger partial charge in [0, 0.05) is 39.9 Å². The molecule has 0 spiro atoms. The molecule has 1 aromatic heterocycles. The van der Waals surface area contributed by atoms with Gasteiger partial charge in [-0.05, 0) is 18.1 Å². The number of carbonyl (C=O) groups is 4. The van der Waals surface area contributed by atoms with Gasteiger partial charge < -0.3 is 25.9 Å². The van der Waals surface area contributed by atoms with E-state index in [0.717, 1.165) is 28.0 Å². The third-order valence-electron chi connectivity index (χ3n) is 9.21. The molecule has 7 rings (SSSR count). The number of alkyl halides is 3. The van der Waals surface area contributed by atoms with Crippen LogP contribution in [0.1, 0.15) is 28.8 Å². The van der Waals surface area contributed by atoms with E-state index in [0.29, 0.717) is 21.6 Å². The molecule has 0 unspecified atom stereocenters. The number of aliphatic carboxylic acids is 1. The number of thioether (sulfide) groups is 1. The van der Waals surface area contributed by atoms with Crippen LogP contribution in [-0.2, 0) is 29.6 Å². The number of nitrogens with two attached hydrogens (primary N) is 1. The fourth-order valence-electron chi connectivity index (χ4n) is 6.73. The van der Waals surface area contributed by atoms with Gasteiger partial charge in [0.15, 0.2) is 10.8 Å². The van der Waals surface area contributed by atoms with Crippen LogP contribution in [0.3, 0.4) is 0 Å². The number of carboxylic acid groups (broad SMARTS) is 1. The van der Waals surface area contributed by atoms with E-state index >= 15 is 0 Å². The van der Waals surface area contributed by atoms with Crippen molar-refractivity contribution >= 4 is 57.6 Å². The van der Waals surface area contributed by atoms with Crippen LogP contribution in [0.2, 0.25) is 0 Å². The summed E-state index contributed by atoms with van der Waals surface area (Å²) in [5, 5.41) is 18.1. The van der Waals surface area contributed by atoms with Crippen LogP contribution in [-0.4, -0.2) is 85.7 Å². The number of nitrogens with zero attached hydrogens (tertiary/aromatic N) is 4. The summed E-state index contributed by atoms with van der Waals surface area (Å²) in [6.45, 7) is -1.60. The molecule has 55 heavy (non-hydrogen) atoms. The molecule has 3 aliphatic rings. The summed E-state index contributed by atoms with van der Waals surface area (Å²) in [5.41, 5.74) is 6.14. The second-order valence-corrected chi connectivity index (χ2v) is 14.7. The summed E-state index contributed by atoms with van der Waals surface area (Å²) < 4.78 is 38.9. The summed E-state index contributed by atoms with van der Waals surface area (Å²) in [6, 6.07) is 26.7. The van der Waals surface area contributed by atoms with Crippen molar-refractivity contribution in [1.82, 2.24) is 20.1 Å². The minimum Gasteiger partial charge on any atom is -0.477 e. The third-order valence-corrected chi connectivity index (χ3v) is 11.2. The number of thiazole rings is 1. The van der Waals surface area contributed by atoms with Crippen LogP contribution in [0.15, 0.2) is 124 Å². The van der Waals surface area contributed by atoms with E-state index in [2.05, 4.69) is 15.5 Å². The molecule has 3 aromatic carbocycles. The molecule has 282 valence electrons. The number of hydrogen-bond acceptors (Lipinski definition) is 10. The summed E-state index contributed by atoms with van der Waals surface area (Å²) in [4.78, 5) is 65.4. The molecule has 0 bridgehead atoms. The Morgan fingerprint density at radius 2 is 1.56 bits per heavy atom. The summed E-state index contributed by atoms with van der Waals surface area (Å²) in [7, 11) is 0. The van der Waals surface area contributed by atoms with Crippen LogP contribution in [0.5, 0.6) is 0 Å². The average molecular weight is 789 g/mol. The molecule has 3 aliphatic heterocycles. The Morgan fingerprint density at radius 3 is 2.07 bits per heavy atom. The number of allylic oxidation sites excluding steroid dienone is 1. The van der Waals surface area contributed by atoms with Crippen LogP contribution in [0.25, 0.3) is 0 Å². The van der Waals surface area contributed by atoms with Gasteiger partial charge in [0.1, 0.15) is 29.4 Å². The van der Waals surface area contributed by atoms with Gasteiger partial charge >= 0.3 is 12.1 Å². The lowest BCUT2D eigenvalue weighted by molar-refractivity contribution is -0.156. The largest absolute Gasteiger partial charge is 0.477 e. The zero-order valence-electron chi connectivity index (χ0n) is 28.6. The Balaban J connectivity index is 1.20. The van der Waals surface area contributed by atoms with Gasteiger partial charge in [-0.25, -0.2) is 9.78 Å². The number of fused-ring (bicyclic) bond motifs is 1. The van der Waals surface area contributed by atoms with Crippen molar-refractivity contribution in [3.8, 4) is 0 Å². The highest BCUT2D eigenvalue weighted by Gasteiger charge is 2.54. The number of likely N-dealkylation sites (tertiary alicyclic amines) is 1. The van der Waals surface area contributed by atoms with Gasteiger partial charge in [-0.15, -0.1) is 23.1 Å². The number of nitrogens with one attached hydrogen (secondary N) is 1. The molecule has 2 atom stereocenters. The Hall–Kier alpha value is -5.94. The number of halogens is 3. The van der Waals surface area contributed by atoms with Crippen LogP contribution in [0.4, 0.5) is 18.3 Å². The lowest BCUT2D eigenvalue weighted by atomic mass is 9.80. The van der Waals surface area contributed by atoms with Crippen LogP contribution < -0.4 is 11.1 Å². The van der Waals surface area contributed by atoms with Crippen molar-refractivity contribution in [1.29, 1.82) is 0 Å². The molecular formula is C38H31F3N6O6S2. The molecule has 12 nitrogen and oxygen atoms in total. The van der Waals surface area contributed by atoms with E-state index in [1.165, 1.54) is 11.5 Å². The Labute approximate surface area is 320 Å². The van der Waals surface area contributed by atoms with Crippen molar-refractivity contribution < 1.29 is 42.3 Å². The Morgan fingerprint density at radius 1 is 0.982 bits per heavy atom. The minimum atomic E-state index is -4.59. The average Bonchev–Trinajstić information content (AvgIpc) is 3.76. The molecule has 2 saturated heterocycles. The topological polar surface area (TPSA) is 168 Å². The number of anilines is 1. The molecule has 4 aromatic rings. The fourth-order valence-corrected chi connectivity index (χ4v) is 8.59. The second-order valence-electron chi connectivity index (χ2n) is 12.7. The van der Waals surface area contributed by atoms with E-state index < -0.39 is 59.1 Å². The van der Waals surface area contributed by atoms with Crippen molar-refractivity contribution in [2.75, 3.05) is 24.6 Å². The first-order valence-electron chi connectivity index (χ1n) is 16.8. The number of benzene rings is 3. The monoisotopic (exact) mass is 788 g/mol. The number of hydrogen-bond donors (Lipinski definition) is 3. The number of oxime groups is 1. The highest BCUT2D eigenvalue weighted by atomic mass is 32.2. The first-order chi connectivity index (χ1) is 26.4. The van der Waals surface area contributed by atoms with Gasteiger partial charge in [-0.1, -0.05) is 96.2 Å². The summed E-state index contributed by atoms with van der Waals surface area (Å²) in [5.74, 6) is -3.92. The van der Waals surface area contributed by atoms with Crippen molar-refractivity contribution in [3.05, 3.63) is 142 Å². The molecule has 4 heterocycles. The normalized spacial score (nSPS) is 19.7. The SMILES string of the molecule is Nc1nc(/C(=N/OC(c2ccccc2)(c2ccccc2)c2ccccc2)C(=O)N[C@@H]2C(=O)N3C(C(=O)O)=C(C=C4CCN(CC(F)(F)F)C4=O)CS[C@H]23)cs1. The quantitative estimate of drug-likeness (QED) is 0.0630. The molecule has 2 fully saturated rings. The van der Waals surface area contributed by atoms with Crippen LogP contribution in [0, 0.1) is 0 Å². The molecule has 0 radical (unpaired) electrons. The van der Waals surface area contributed by atoms with Crippen LogP contribution >= 0.6 is 23.1 Å². The predicted molar refractivity (Wildman–Crippen MR) is 198 cm³/mol. The number of aromatic nitrogens is 1. The number of carbonyl (C=O) groups excluding carboxylic acids is 3. The minimum absolute atomic E-state index is 0.00107. The number of amides is 3. The fraction of sp³-hybridized carbons (Fsp3) is 0.211. The number of nitrogen functional groups attached to an aromatic ring is 1. The maximum atomic E-state index is 14.1. The standard InChI is InChI=1S/C38H31F3N6O6S2/c39-37(40,41)21-46-17-16-22(32(46)49)18-23-19-54-34-29(33(50)47(34)30(23)35(51)52)44-31(48)28(27-20-55-36(42)43-27)45-53-38(24-10-4-1-5-11-24,25-12-6-2-7-13-25)26-14-8-3-9-15-26/h1-15,18,20,29,34H,16-17,19,21H2,(H2,42,43)(H,44,48)(H,51,52)/b22-18?,45-28-/t29-,34-/m1/s1. The maximum Gasteiger partial charge on any atom is 0.406 e. The maximum absolute atomic E-state index is 14.1. The van der Waals surface area contributed by atoms with Crippen molar-refractivity contribution in [3.63, 3.8) is 0 Å². The summed E-state index contributed by atoms with van der Waals surface area (Å²) >= 11 is 2.19. The van der Waals surface area contributed by atoms with Crippen molar-refractivity contribution in [2.45, 2.75) is 29.6 Å². The number of rotatable bonds is 11. The van der Waals surface area contributed by atoms with E-state index in [4.69, 9.17) is 10.6 Å². The van der Waals surface area contributed by atoms with E-state index in [-0.39, 0.29) is 46.4 Å². The lowest BCUT2D eigenvalue weighted by Crippen LogP contribution is -2.71. The van der Waals surface area contributed by atoms with Gasteiger partial charge in [-0.3, -0.25) is 19.3 Å². The highest BCUT2D eigenvalue weighted by molar-refractivity contribution is 8.00. The zero-order chi connectivity index (χ0) is 38.9. The Bertz CT molecular complexity index is 2130. The summed E-state index contributed by atoms with van der Waals surface area (Å²) in [6.07, 6.45) is -3.36. The van der Waals surface area contributed by atoms with Gasteiger partial charge in [0.2, 0.25) is 11.5 Å². The molecule has 4 N–H and O–H groups in total. The molecule has 3 amide bonds.